The molecule has 1 saturated heterocycles. The second-order valence-electron chi connectivity index (χ2n) is 9.01. The van der Waals surface area contributed by atoms with Gasteiger partial charge < -0.3 is 23.9 Å². The van der Waals surface area contributed by atoms with Crippen LogP contribution in [0.4, 0.5) is 10.5 Å². The zero-order chi connectivity index (χ0) is 25.3. The van der Waals surface area contributed by atoms with Crippen LogP contribution in [0.5, 0.6) is 11.5 Å². The van der Waals surface area contributed by atoms with Gasteiger partial charge in [0.2, 0.25) is 0 Å². The number of urea groups is 1. The zero-order valence-corrected chi connectivity index (χ0v) is 21.9. The minimum atomic E-state index is -0.0803. The van der Waals surface area contributed by atoms with Crippen LogP contribution >= 0.6 is 12.0 Å². The number of amides is 2. The average molecular weight is 511 g/mol. The molecule has 0 unspecified atom stereocenters. The smallest absolute Gasteiger partial charge is 0.321 e. The van der Waals surface area contributed by atoms with Gasteiger partial charge in [0.25, 0.3) is 0 Å². The number of nitrogens with zero attached hydrogens (tertiary/aromatic N) is 3. The molecule has 2 aromatic carbocycles. The highest BCUT2D eigenvalue weighted by Crippen LogP contribution is 2.32. The SMILES string of the molecule is CSOCCCOc1ccc2c(C3CCN(C(=O)Nc4ccc(OC(C)C)cc4)CC3)ncnc2c1. The summed E-state index contributed by atoms with van der Waals surface area (Å²) >= 11 is 1.37. The zero-order valence-electron chi connectivity index (χ0n) is 21.1. The predicted octanol–water partition coefficient (Wildman–Crippen LogP) is 5.89. The maximum Gasteiger partial charge on any atom is 0.321 e. The van der Waals surface area contributed by atoms with E-state index in [2.05, 4.69) is 15.3 Å². The van der Waals surface area contributed by atoms with E-state index < -0.39 is 0 Å². The minimum Gasteiger partial charge on any atom is -0.493 e. The van der Waals surface area contributed by atoms with Gasteiger partial charge in [-0.25, -0.2) is 14.8 Å². The predicted molar refractivity (Wildman–Crippen MR) is 144 cm³/mol. The monoisotopic (exact) mass is 510 g/mol. The molecule has 4 rings (SSSR count). The summed E-state index contributed by atoms with van der Waals surface area (Å²) in [4.78, 5) is 23.8. The van der Waals surface area contributed by atoms with Crippen molar-refractivity contribution < 1.29 is 18.5 Å². The molecule has 0 radical (unpaired) electrons. The lowest BCUT2D eigenvalue weighted by atomic mass is 9.91. The molecule has 0 saturated carbocycles. The highest BCUT2D eigenvalue weighted by molar-refractivity contribution is 7.93. The van der Waals surface area contributed by atoms with Gasteiger partial charge in [-0.05, 0) is 75.1 Å². The number of rotatable bonds is 10. The molecule has 8 nitrogen and oxygen atoms in total. The number of aromatic nitrogens is 2. The lowest BCUT2D eigenvalue weighted by molar-refractivity contribution is 0.194. The molecule has 9 heteroatoms. The average Bonchev–Trinajstić information content (AvgIpc) is 2.89. The third kappa shape index (κ3) is 7.01. The van der Waals surface area contributed by atoms with Crippen molar-refractivity contribution in [1.29, 1.82) is 0 Å². The number of carbonyl (C=O) groups excluding carboxylic acids is 1. The maximum atomic E-state index is 12.8. The summed E-state index contributed by atoms with van der Waals surface area (Å²) < 4.78 is 16.8. The Balaban J connectivity index is 1.32. The number of anilines is 1. The van der Waals surface area contributed by atoms with Gasteiger partial charge in [-0.15, -0.1) is 0 Å². The van der Waals surface area contributed by atoms with Crippen LogP contribution in [-0.4, -0.2) is 59.6 Å². The van der Waals surface area contributed by atoms with Crippen molar-refractivity contribution in [3.05, 3.63) is 54.5 Å². The van der Waals surface area contributed by atoms with Crippen molar-refractivity contribution in [3.8, 4) is 11.5 Å². The van der Waals surface area contributed by atoms with E-state index in [0.29, 0.717) is 26.3 Å². The number of nitrogens with one attached hydrogen (secondary N) is 1. The topological polar surface area (TPSA) is 85.8 Å². The molecule has 1 N–H and O–H groups in total. The van der Waals surface area contributed by atoms with Gasteiger partial charge in [0.05, 0.1) is 30.5 Å². The summed E-state index contributed by atoms with van der Waals surface area (Å²) in [5, 5.41) is 4.04. The Kier molecular flexibility index (Phi) is 9.24. The van der Waals surface area contributed by atoms with Crippen molar-refractivity contribution in [2.75, 3.05) is 37.9 Å². The number of benzene rings is 2. The third-order valence-electron chi connectivity index (χ3n) is 6.04. The van der Waals surface area contributed by atoms with E-state index in [0.717, 1.165) is 53.0 Å². The number of ether oxygens (including phenoxy) is 2. The molecular weight excluding hydrogens is 476 g/mol. The van der Waals surface area contributed by atoms with Crippen molar-refractivity contribution in [2.45, 2.75) is 45.1 Å². The molecular formula is C27H34N4O4S. The number of fused-ring (bicyclic) bond motifs is 1. The van der Waals surface area contributed by atoms with Gasteiger partial charge in [-0.2, -0.15) is 0 Å². The maximum absolute atomic E-state index is 12.8. The van der Waals surface area contributed by atoms with Crippen LogP contribution in [0.2, 0.25) is 0 Å². The highest BCUT2D eigenvalue weighted by Gasteiger charge is 2.26. The summed E-state index contributed by atoms with van der Waals surface area (Å²) in [6.07, 6.45) is 6.19. The normalized spacial score (nSPS) is 14.3. The highest BCUT2D eigenvalue weighted by atomic mass is 32.2. The number of piperidine rings is 1. The van der Waals surface area contributed by atoms with E-state index >= 15 is 0 Å². The molecule has 0 bridgehead atoms. The van der Waals surface area contributed by atoms with Crippen LogP contribution in [-0.2, 0) is 4.18 Å². The van der Waals surface area contributed by atoms with Crippen molar-refractivity contribution in [1.82, 2.24) is 14.9 Å². The second-order valence-corrected chi connectivity index (χ2v) is 9.58. The molecule has 1 aliphatic rings. The Morgan fingerprint density at radius 2 is 1.83 bits per heavy atom. The van der Waals surface area contributed by atoms with Crippen LogP contribution < -0.4 is 14.8 Å². The van der Waals surface area contributed by atoms with E-state index in [-0.39, 0.29) is 18.1 Å². The summed E-state index contributed by atoms with van der Waals surface area (Å²) in [6, 6.07) is 13.4. The van der Waals surface area contributed by atoms with Crippen molar-refractivity contribution in [2.24, 2.45) is 0 Å². The van der Waals surface area contributed by atoms with Gasteiger partial charge in [0.1, 0.15) is 17.8 Å². The van der Waals surface area contributed by atoms with Crippen molar-refractivity contribution >= 4 is 34.7 Å². The van der Waals surface area contributed by atoms with E-state index in [1.54, 1.807) is 6.33 Å². The number of hydrogen-bond donors (Lipinski definition) is 1. The van der Waals surface area contributed by atoms with Crippen LogP contribution in [0, 0.1) is 0 Å². The summed E-state index contributed by atoms with van der Waals surface area (Å²) in [7, 11) is 0. The quantitative estimate of drug-likeness (QED) is 0.269. The van der Waals surface area contributed by atoms with E-state index in [4.69, 9.17) is 13.7 Å². The van der Waals surface area contributed by atoms with Crippen molar-refractivity contribution in [3.63, 3.8) is 0 Å². The molecule has 3 aromatic rings. The van der Waals surface area contributed by atoms with E-state index in [1.165, 1.54) is 12.0 Å². The molecule has 0 aliphatic carbocycles. The first-order chi connectivity index (χ1) is 17.5. The lowest BCUT2D eigenvalue weighted by Gasteiger charge is -2.32. The lowest BCUT2D eigenvalue weighted by Crippen LogP contribution is -2.40. The first kappa shape index (κ1) is 26.0. The summed E-state index contributed by atoms with van der Waals surface area (Å²) in [6.45, 7) is 6.59. The molecule has 2 amide bonds. The van der Waals surface area contributed by atoms with E-state index in [9.17, 15) is 4.79 Å². The molecule has 2 heterocycles. The number of likely N-dealkylation sites (tertiary alicyclic amines) is 1. The molecule has 1 fully saturated rings. The Labute approximate surface area is 216 Å². The molecule has 0 spiro atoms. The number of hydrogen-bond acceptors (Lipinski definition) is 7. The Morgan fingerprint density at radius 3 is 2.56 bits per heavy atom. The first-order valence-corrected chi connectivity index (χ1v) is 13.5. The molecule has 1 aliphatic heterocycles. The van der Waals surface area contributed by atoms with Crippen LogP contribution in [0.1, 0.15) is 44.7 Å². The Morgan fingerprint density at radius 1 is 1.08 bits per heavy atom. The number of carbonyl (C=O) groups is 1. The van der Waals surface area contributed by atoms with Gasteiger partial charge >= 0.3 is 6.03 Å². The van der Waals surface area contributed by atoms with Gasteiger partial charge in [0.15, 0.2) is 0 Å². The van der Waals surface area contributed by atoms with Gasteiger partial charge in [-0.1, -0.05) is 0 Å². The fourth-order valence-electron chi connectivity index (χ4n) is 4.31. The molecule has 36 heavy (non-hydrogen) atoms. The molecule has 1 aromatic heterocycles. The van der Waals surface area contributed by atoms with Crippen LogP contribution in [0.25, 0.3) is 10.9 Å². The summed E-state index contributed by atoms with van der Waals surface area (Å²) in [5.41, 5.74) is 2.68. The fraction of sp³-hybridized carbons (Fsp3) is 0.444. The first-order valence-electron chi connectivity index (χ1n) is 12.4. The minimum absolute atomic E-state index is 0.0803. The molecule has 192 valence electrons. The largest absolute Gasteiger partial charge is 0.493 e. The third-order valence-corrected chi connectivity index (χ3v) is 6.45. The molecule has 0 atom stereocenters. The van der Waals surface area contributed by atoms with Crippen LogP contribution in [0.3, 0.4) is 0 Å². The fourth-order valence-corrected chi connectivity index (χ4v) is 4.60. The van der Waals surface area contributed by atoms with E-state index in [1.807, 2.05) is 67.5 Å². The van der Waals surface area contributed by atoms with Gasteiger partial charge in [0, 0.05) is 48.8 Å². The van der Waals surface area contributed by atoms with Gasteiger partial charge in [-0.3, -0.25) is 0 Å². The standard InChI is InChI=1S/C27H34N4O4S/c1-19(2)35-22-7-5-21(6-8-22)30-27(32)31-13-11-20(12-14-31)26-24-10-9-23(17-25(24)28-18-29-26)33-15-4-16-34-36-3/h5-10,17-20H,4,11-16H2,1-3H3,(H,30,32). The Bertz CT molecular complexity index is 1130. The summed E-state index contributed by atoms with van der Waals surface area (Å²) in [5.74, 6) is 1.87. The Hall–Kier alpha value is -3.04. The second kappa shape index (κ2) is 12.8. The van der Waals surface area contributed by atoms with Crippen LogP contribution in [0.15, 0.2) is 48.8 Å².